The highest BCUT2D eigenvalue weighted by Crippen LogP contribution is 2.09. The summed E-state index contributed by atoms with van der Waals surface area (Å²) in [6.45, 7) is 7.54. The summed E-state index contributed by atoms with van der Waals surface area (Å²) in [5.74, 6) is 0.801. The molecule has 2 heterocycles. The number of aliphatic imine (C=N–C) groups is 1. The van der Waals surface area contributed by atoms with Gasteiger partial charge in [0.25, 0.3) is 0 Å². The minimum atomic E-state index is -3.30. The van der Waals surface area contributed by atoms with Crippen molar-refractivity contribution < 1.29 is 13.2 Å². The van der Waals surface area contributed by atoms with Gasteiger partial charge < -0.3 is 19.5 Å². The third-order valence-corrected chi connectivity index (χ3v) is 6.78. The Hall–Kier alpha value is -1.18. The van der Waals surface area contributed by atoms with Crippen molar-refractivity contribution in [3.05, 3.63) is 34.7 Å². The van der Waals surface area contributed by atoms with E-state index in [2.05, 4.69) is 15.2 Å². The summed E-state index contributed by atoms with van der Waals surface area (Å²) in [4.78, 5) is 18.1. The molecule has 0 aromatic carbocycles. The maximum atomic E-state index is 12.5. The number of aromatic nitrogens is 1. The second kappa shape index (κ2) is 14.1. The van der Waals surface area contributed by atoms with Crippen LogP contribution < -0.4 is 10.9 Å². The van der Waals surface area contributed by atoms with Gasteiger partial charge in [-0.1, -0.05) is 6.07 Å². The second-order valence-corrected chi connectivity index (χ2v) is 9.62. The summed E-state index contributed by atoms with van der Waals surface area (Å²) in [6.07, 6.45) is 3.63. The molecule has 1 aliphatic rings. The van der Waals surface area contributed by atoms with Crippen LogP contribution in [-0.4, -0.2) is 86.4 Å². The maximum Gasteiger partial charge on any atom is 0.250 e. The Bertz CT molecular complexity index is 836. The molecule has 9 nitrogen and oxygen atoms in total. The van der Waals surface area contributed by atoms with E-state index in [-0.39, 0.29) is 48.0 Å². The summed E-state index contributed by atoms with van der Waals surface area (Å²) in [5.41, 5.74) is 0.0184. The number of nitrogens with zero attached hydrogens (tertiary/aromatic N) is 4. The molecule has 1 aliphatic heterocycles. The first kappa shape index (κ1) is 27.9. The van der Waals surface area contributed by atoms with Gasteiger partial charge in [0.15, 0.2) is 5.96 Å². The van der Waals surface area contributed by atoms with Gasteiger partial charge in [0.1, 0.15) is 0 Å². The number of piperazine rings is 1. The molecular weight excluding hydrogens is 533 g/mol. The first-order valence-electron chi connectivity index (χ1n) is 10.5. The van der Waals surface area contributed by atoms with Crippen molar-refractivity contribution >= 4 is 40.0 Å². The number of unbranched alkanes of at least 4 members (excludes halogenated alkanes) is 1. The van der Waals surface area contributed by atoms with Crippen molar-refractivity contribution in [2.45, 2.75) is 39.3 Å². The van der Waals surface area contributed by atoms with Gasteiger partial charge in [0.05, 0.1) is 18.5 Å². The molecule has 1 aromatic heterocycles. The third-order valence-electron chi connectivity index (χ3n) is 4.94. The van der Waals surface area contributed by atoms with Crippen molar-refractivity contribution in [1.82, 2.24) is 19.1 Å². The zero-order valence-corrected chi connectivity index (χ0v) is 21.8. The molecule has 0 unspecified atom stereocenters. The molecule has 1 aromatic rings. The molecule has 11 heteroatoms. The van der Waals surface area contributed by atoms with Crippen LogP contribution in [0.2, 0.25) is 0 Å². The Morgan fingerprint density at radius 2 is 1.90 bits per heavy atom. The lowest BCUT2D eigenvalue weighted by Gasteiger charge is -2.35. The van der Waals surface area contributed by atoms with Crippen LogP contribution in [0.1, 0.15) is 26.7 Å². The van der Waals surface area contributed by atoms with Crippen molar-refractivity contribution in [1.29, 1.82) is 0 Å². The molecule has 0 atom stereocenters. The minimum absolute atomic E-state index is 0. The normalized spacial score (nSPS) is 15.7. The van der Waals surface area contributed by atoms with E-state index in [1.807, 2.05) is 19.9 Å². The first-order chi connectivity index (χ1) is 14.3. The van der Waals surface area contributed by atoms with E-state index < -0.39 is 10.0 Å². The zero-order valence-electron chi connectivity index (χ0n) is 18.7. The van der Waals surface area contributed by atoms with Crippen LogP contribution in [0.3, 0.4) is 0 Å². The Kier molecular flexibility index (Phi) is 12.6. The number of sulfonamides is 1. The third kappa shape index (κ3) is 9.46. The fourth-order valence-corrected chi connectivity index (χ4v) is 4.57. The molecular formula is C20H36IN5O4S. The number of guanidine groups is 1. The van der Waals surface area contributed by atoms with Crippen molar-refractivity contribution in [2.24, 2.45) is 4.99 Å². The van der Waals surface area contributed by atoms with E-state index in [4.69, 9.17) is 4.74 Å². The van der Waals surface area contributed by atoms with Crippen LogP contribution in [0.25, 0.3) is 0 Å². The lowest BCUT2D eigenvalue weighted by Crippen LogP contribution is -2.54. The molecule has 0 saturated carbocycles. The van der Waals surface area contributed by atoms with Crippen LogP contribution in [0.15, 0.2) is 34.2 Å². The highest BCUT2D eigenvalue weighted by Gasteiger charge is 2.27. The Morgan fingerprint density at radius 1 is 1.19 bits per heavy atom. The monoisotopic (exact) mass is 569 g/mol. The Balaban J connectivity index is 0.00000480. The Labute approximate surface area is 202 Å². The molecule has 0 aliphatic carbocycles. The topological polar surface area (TPSA) is 96.2 Å². The van der Waals surface area contributed by atoms with Crippen molar-refractivity contribution in [3.8, 4) is 0 Å². The van der Waals surface area contributed by atoms with Crippen LogP contribution in [0.4, 0.5) is 0 Å². The summed E-state index contributed by atoms with van der Waals surface area (Å²) < 4.78 is 33.5. The second-order valence-electron chi connectivity index (χ2n) is 7.54. The van der Waals surface area contributed by atoms with Gasteiger partial charge >= 0.3 is 0 Å². The number of hydrogen-bond donors (Lipinski definition) is 1. The molecule has 1 fully saturated rings. The number of ether oxygens (including phenoxy) is 1. The van der Waals surface area contributed by atoms with Crippen molar-refractivity contribution in [2.75, 3.05) is 52.1 Å². The standard InChI is InChI=1S/C20H35N5O4S.HI/c1-18(2)29-16-17-30(27,28)25-14-12-24(13-15-25)20(21-3)22-9-5-7-11-23-10-6-4-8-19(23)26;/h4,6,8,10,18H,5,7,9,11-17H2,1-3H3,(H,21,22);1H. The number of halogens is 1. The maximum absolute atomic E-state index is 12.5. The molecule has 178 valence electrons. The van der Waals surface area contributed by atoms with Gasteiger partial charge in [-0.3, -0.25) is 9.79 Å². The number of nitrogens with one attached hydrogen (secondary N) is 1. The number of rotatable bonds is 10. The predicted molar refractivity (Wildman–Crippen MR) is 135 cm³/mol. The average molecular weight is 570 g/mol. The highest BCUT2D eigenvalue weighted by molar-refractivity contribution is 14.0. The first-order valence-corrected chi connectivity index (χ1v) is 12.1. The van der Waals surface area contributed by atoms with Crippen LogP contribution >= 0.6 is 24.0 Å². The van der Waals surface area contributed by atoms with Gasteiger partial charge in [-0.2, -0.15) is 4.31 Å². The fraction of sp³-hybridized carbons (Fsp3) is 0.700. The largest absolute Gasteiger partial charge is 0.378 e. The number of hydrogen-bond acceptors (Lipinski definition) is 5. The van der Waals surface area contributed by atoms with Gasteiger partial charge in [-0.25, -0.2) is 8.42 Å². The Morgan fingerprint density at radius 3 is 2.52 bits per heavy atom. The van der Waals surface area contributed by atoms with Crippen molar-refractivity contribution in [3.63, 3.8) is 0 Å². The van der Waals surface area contributed by atoms with Gasteiger partial charge in [0.2, 0.25) is 15.6 Å². The zero-order chi connectivity index (χ0) is 22.0. The van der Waals surface area contributed by atoms with Crippen LogP contribution in [-0.2, 0) is 21.3 Å². The van der Waals surface area contributed by atoms with Gasteiger partial charge in [0, 0.05) is 58.6 Å². The summed E-state index contributed by atoms with van der Waals surface area (Å²) in [7, 11) is -1.56. The quantitative estimate of drug-likeness (QED) is 0.197. The fourth-order valence-electron chi connectivity index (χ4n) is 3.28. The lowest BCUT2D eigenvalue weighted by molar-refractivity contribution is 0.0904. The lowest BCUT2D eigenvalue weighted by atomic mass is 10.3. The van der Waals surface area contributed by atoms with E-state index in [1.165, 1.54) is 4.31 Å². The molecule has 0 radical (unpaired) electrons. The minimum Gasteiger partial charge on any atom is -0.378 e. The molecule has 0 amide bonds. The average Bonchev–Trinajstić information content (AvgIpc) is 2.71. The van der Waals surface area contributed by atoms with E-state index in [0.29, 0.717) is 32.7 Å². The highest BCUT2D eigenvalue weighted by atomic mass is 127. The van der Waals surface area contributed by atoms with E-state index in [1.54, 1.807) is 29.9 Å². The number of aryl methyl sites for hydroxylation is 1. The van der Waals surface area contributed by atoms with Crippen LogP contribution in [0.5, 0.6) is 0 Å². The number of pyridine rings is 1. The SMILES string of the molecule is CN=C(NCCCCn1ccccc1=O)N1CCN(S(=O)(=O)CCOC(C)C)CC1.I. The van der Waals surface area contributed by atoms with E-state index in [0.717, 1.165) is 25.3 Å². The summed E-state index contributed by atoms with van der Waals surface area (Å²) >= 11 is 0. The van der Waals surface area contributed by atoms with E-state index >= 15 is 0 Å². The van der Waals surface area contributed by atoms with Crippen LogP contribution in [0, 0.1) is 0 Å². The molecule has 0 bridgehead atoms. The summed E-state index contributed by atoms with van der Waals surface area (Å²) in [6, 6.07) is 5.17. The molecule has 2 rings (SSSR count). The molecule has 0 spiro atoms. The molecule has 1 saturated heterocycles. The van der Waals surface area contributed by atoms with E-state index in [9.17, 15) is 13.2 Å². The smallest absolute Gasteiger partial charge is 0.250 e. The van der Waals surface area contributed by atoms with Gasteiger partial charge in [-0.15, -0.1) is 24.0 Å². The molecule has 31 heavy (non-hydrogen) atoms. The predicted octanol–water partition coefficient (Wildman–Crippen LogP) is 1.19. The van der Waals surface area contributed by atoms with Gasteiger partial charge in [-0.05, 0) is 32.8 Å². The summed E-state index contributed by atoms with van der Waals surface area (Å²) in [5, 5.41) is 3.34. The molecule has 1 N–H and O–H groups in total.